The van der Waals surface area contributed by atoms with Crippen LogP contribution in [-0.4, -0.2) is 11.1 Å². The van der Waals surface area contributed by atoms with Crippen molar-refractivity contribution < 1.29 is 23.8 Å². The highest BCUT2D eigenvalue weighted by Crippen LogP contribution is 2.37. The van der Waals surface area contributed by atoms with Crippen LogP contribution in [0.15, 0.2) is 65.1 Å². The number of carboxylic acids is 1. The number of benzene rings is 2. The maximum Gasteiger partial charge on any atom is 0.371 e. The zero-order chi connectivity index (χ0) is 17.2. The first-order chi connectivity index (χ1) is 12.2. The van der Waals surface area contributed by atoms with Gasteiger partial charge in [0.2, 0.25) is 5.76 Å². The Labute approximate surface area is 143 Å². The van der Waals surface area contributed by atoms with E-state index in [0.29, 0.717) is 11.5 Å². The molecule has 0 bridgehead atoms. The molecular formula is C19H15NO5. The average Bonchev–Trinajstić information content (AvgIpc) is 3.27. The number of hydrogen-bond donors (Lipinski definition) is 2. The van der Waals surface area contributed by atoms with Crippen LogP contribution in [0.2, 0.25) is 0 Å². The second-order valence-electron chi connectivity index (χ2n) is 5.57. The molecule has 6 heteroatoms. The molecule has 3 aromatic rings. The minimum absolute atomic E-state index is 0.0991. The van der Waals surface area contributed by atoms with Gasteiger partial charge in [0, 0.05) is 5.56 Å². The van der Waals surface area contributed by atoms with Crippen LogP contribution in [0, 0.1) is 0 Å². The van der Waals surface area contributed by atoms with Crippen molar-refractivity contribution in [3.05, 3.63) is 77.7 Å². The Balaban J connectivity index is 1.38. The van der Waals surface area contributed by atoms with Gasteiger partial charge in [-0.05, 0) is 48.5 Å². The SMILES string of the molecule is O=C(O)c1ccc(COc2ccc(C3Nc4ccccc4O3)cc2)o1. The number of para-hydroxylation sites is 2. The second kappa shape index (κ2) is 6.24. The molecule has 126 valence electrons. The zero-order valence-corrected chi connectivity index (χ0v) is 13.1. The lowest BCUT2D eigenvalue weighted by Crippen LogP contribution is -2.09. The molecule has 0 amide bonds. The van der Waals surface area contributed by atoms with Crippen molar-refractivity contribution in [2.75, 3.05) is 5.32 Å². The molecule has 0 spiro atoms. The van der Waals surface area contributed by atoms with Crippen molar-refractivity contribution in [1.82, 2.24) is 0 Å². The molecule has 1 aliphatic heterocycles. The highest BCUT2D eigenvalue weighted by molar-refractivity contribution is 5.84. The summed E-state index contributed by atoms with van der Waals surface area (Å²) in [5, 5.41) is 12.1. The molecule has 25 heavy (non-hydrogen) atoms. The molecule has 0 saturated heterocycles. The minimum atomic E-state index is -1.10. The fraction of sp³-hybridized carbons (Fsp3) is 0.105. The normalized spacial score (nSPS) is 15.1. The minimum Gasteiger partial charge on any atom is -0.486 e. The van der Waals surface area contributed by atoms with Gasteiger partial charge in [0.15, 0.2) is 6.23 Å². The van der Waals surface area contributed by atoms with E-state index in [9.17, 15) is 4.79 Å². The van der Waals surface area contributed by atoms with E-state index in [4.69, 9.17) is 19.0 Å². The van der Waals surface area contributed by atoms with E-state index >= 15 is 0 Å². The number of furan rings is 1. The van der Waals surface area contributed by atoms with Crippen LogP contribution in [0.25, 0.3) is 0 Å². The van der Waals surface area contributed by atoms with Gasteiger partial charge in [0.25, 0.3) is 0 Å². The van der Waals surface area contributed by atoms with Crippen molar-refractivity contribution in [3.63, 3.8) is 0 Å². The second-order valence-corrected chi connectivity index (χ2v) is 5.57. The number of aromatic carboxylic acids is 1. The fourth-order valence-electron chi connectivity index (χ4n) is 2.60. The first kappa shape index (κ1) is 15.1. The topological polar surface area (TPSA) is 80.9 Å². The van der Waals surface area contributed by atoms with Crippen LogP contribution >= 0.6 is 0 Å². The van der Waals surface area contributed by atoms with Crippen LogP contribution in [-0.2, 0) is 6.61 Å². The van der Waals surface area contributed by atoms with Gasteiger partial charge in [-0.15, -0.1) is 0 Å². The number of nitrogens with one attached hydrogen (secondary N) is 1. The zero-order valence-electron chi connectivity index (χ0n) is 13.1. The number of ether oxygens (including phenoxy) is 2. The van der Waals surface area contributed by atoms with Crippen molar-refractivity contribution in [2.45, 2.75) is 12.8 Å². The molecule has 4 rings (SSSR count). The summed E-state index contributed by atoms with van der Waals surface area (Å²) in [6, 6.07) is 18.3. The Kier molecular flexibility index (Phi) is 3.78. The third kappa shape index (κ3) is 3.14. The van der Waals surface area contributed by atoms with Crippen LogP contribution in [0.1, 0.15) is 28.1 Å². The summed E-state index contributed by atoms with van der Waals surface area (Å²) in [6.07, 6.45) is -0.227. The van der Waals surface area contributed by atoms with E-state index in [1.807, 2.05) is 48.5 Å². The molecule has 2 N–H and O–H groups in total. The molecule has 6 nitrogen and oxygen atoms in total. The van der Waals surface area contributed by atoms with Gasteiger partial charge in [-0.25, -0.2) is 4.79 Å². The van der Waals surface area contributed by atoms with Crippen LogP contribution in [0.3, 0.4) is 0 Å². The summed E-state index contributed by atoms with van der Waals surface area (Å²) in [6.45, 7) is 0.163. The summed E-state index contributed by atoms with van der Waals surface area (Å²) in [4.78, 5) is 10.8. The molecule has 0 aliphatic carbocycles. The summed E-state index contributed by atoms with van der Waals surface area (Å²) in [5.74, 6) is 0.753. The molecule has 2 aromatic carbocycles. The fourth-order valence-corrected chi connectivity index (χ4v) is 2.60. The lowest BCUT2D eigenvalue weighted by atomic mass is 10.2. The van der Waals surface area contributed by atoms with Gasteiger partial charge in [-0.1, -0.05) is 12.1 Å². The number of rotatable bonds is 5. The molecule has 1 aliphatic rings. The highest BCUT2D eigenvalue weighted by Gasteiger charge is 2.22. The van der Waals surface area contributed by atoms with Gasteiger partial charge in [-0.3, -0.25) is 0 Å². The third-order valence-electron chi connectivity index (χ3n) is 3.85. The molecule has 1 atom stereocenters. The molecule has 0 fully saturated rings. The summed E-state index contributed by atoms with van der Waals surface area (Å²) < 4.78 is 16.6. The van der Waals surface area contributed by atoms with E-state index in [1.54, 1.807) is 6.07 Å². The first-order valence-electron chi connectivity index (χ1n) is 7.76. The molecule has 1 unspecified atom stereocenters. The number of hydrogen-bond acceptors (Lipinski definition) is 5. The van der Waals surface area contributed by atoms with Crippen LogP contribution < -0.4 is 14.8 Å². The summed E-state index contributed by atoms with van der Waals surface area (Å²) >= 11 is 0. The lowest BCUT2D eigenvalue weighted by molar-refractivity contribution is 0.0658. The maximum absolute atomic E-state index is 10.8. The predicted octanol–water partition coefficient (Wildman–Crippen LogP) is 4.06. The van der Waals surface area contributed by atoms with E-state index in [1.165, 1.54) is 6.07 Å². The average molecular weight is 337 g/mol. The molecule has 0 saturated carbocycles. The summed E-state index contributed by atoms with van der Waals surface area (Å²) in [7, 11) is 0. The Hall–Kier alpha value is -3.41. The van der Waals surface area contributed by atoms with Crippen molar-refractivity contribution in [1.29, 1.82) is 0 Å². The highest BCUT2D eigenvalue weighted by atomic mass is 16.5. The van der Waals surface area contributed by atoms with E-state index in [2.05, 4.69) is 5.32 Å². The maximum atomic E-state index is 10.8. The Bertz CT molecular complexity index is 875. The summed E-state index contributed by atoms with van der Waals surface area (Å²) in [5.41, 5.74) is 1.95. The standard InChI is InChI=1S/C19H15NO5/c21-19(22)17-10-9-14(24-17)11-23-13-7-5-12(6-8-13)18-20-15-3-1-2-4-16(15)25-18/h1-10,18,20H,11H2,(H,21,22). The number of fused-ring (bicyclic) bond motifs is 1. The Morgan fingerprint density at radius 1 is 1.08 bits per heavy atom. The largest absolute Gasteiger partial charge is 0.486 e. The van der Waals surface area contributed by atoms with Crippen LogP contribution in [0.4, 0.5) is 5.69 Å². The monoisotopic (exact) mass is 337 g/mol. The molecule has 1 aromatic heterocycles. The third-order valence-corrected chi connectivity index (χ3v) is 3.85. The number of carboxylic acid groups (broad SMARTS) is 1. The predicted molar refractivity (Wildman–Crippen MR) is 89.9 cm³/mol. The van der Waals surface area contributed by atoms with Crippen molar-refractivity contribution >= 4 is 11.7 Å². The van der Waals surface area contributed by atoms with Gasteiger partial charge < -0.3 is 24.3 Å². The van der Waals surface area contributed by atoms with Gasteiger partial charge in [0.05, 0.1) is 5.69 Å². The number of carbonyl (C=O) groups is 1. The Morgan fingerprint density at radius 3 is 2.60 bits per heavy atom. The van der Waals surface area contributed by atoms with Gasteiger partial charge >= 0.3 is 5.97 Å². The van der Waals surface area contributed by atoms with Gasteiger partial charge in [-0.2, -0.15) is 0 Å². The van der Waals surface area contributed by atoms with Crippen molar-refractivity contribution in [2.24, 2.45) is 0 Å². The quantitative estimate of drug-likeness (QED) is 0.731. The van der Waals surface area contributed by atoms with Crippen LogP contribution in [0.5, 0.6) is 11.5 Å². The molecule has 0 radical (unpaired) electrons. The van der Waals surface area contributed by atoms with E-state index in [0.717, 1.165) is 17.0 Å². The smallest absolute Gasteiger partial charge is 0.371 e. The van der Waals surface area contributed by atoms with E-state index in [-0.39, 0.29) is 18.6 Å². The lowest BCUT2D eigenvalue weighted by Gasteiger charge is -2.12. The number of anilines is 1. The van der Waals surface area contributed by atoms with Crippen molar-refractivity contribution in [3.8, 4) is 11.5 Å². The molecular weight excluding hydrogens is 322 g/mol. The van der Waals surface area contributed by atoms with E-state index < -0.39 is 5.97 Å². The Morgan fingerprint density at radius 2 is 1.88 bits per heavy atom. The van der Waals surface area contributed by atoms with Gasteiger partial charge in [0.1, 0.15) is 23.9 Å². The first-order valence-corrected chi connectivity index (χ1v) is 7.76. The molecule has 2 heterocycles.